The number of carbonyl (C=O) groups excluding carboxylic acids is 1. The van der Waals surface area contributed by atoms with Gasteiger partial charge in [-0.1, -0.05) is 18.2 Å². The highest BCUT2D eigenvalue weighted by atomic mass is 19.4. The fourth-order valence-electron chi connectivity index (χ4n) is 3.08. The van der Waals surface area contributed by atoms with Crippen LogP contribution in [0.15, 0.2) is 47.1 Å². The van der Waals surface area contributed by atoms with Gasteiger partial charge in [-0.25, -0.2) is 0 Å². The number of benzene rings is 1. The molecule has 7 heteroatoms. The third-order valence-electron chi connectivity index (χ3n) is 4.15. The number of carbonyl (C=O) groups is 1. The van der Waals surface area contributed by atoms with Gasteiger partial charge in [0.25, 0.3) is 0 Å². The van der Waals surface area contributed by atoms with Crippen LogP contribution < -0.4 is 5.73 Å². The summed E-state index contributed by atoms with van der Waals surface area (Å²) in [4.78, 5) is 12.3. The van der Waals surface area contributed by atoms with Crippen molar-refractivity contribution < 1.29 is 22.7 Å². The van der Waals surface area contributed by atoms with Crippen molar-refractivity contribution in [3.05, 3.63) is 58.2 Å². The molecule has 0 bridgehead atoms. The largest absolute Gasteiger partial charge is 0.444 e. The first-order valence-electron chi connectivity index (χ1n) is 7.34. The van der Waals surface area contributed by atoms with Crippen LogP contribution in [0.2, 0.25) is 0 Å². The number of nitriles is 1. The molecule has 1 aliphatic carbocycles. The molecule has 0 saturated carbocycles. The van der Waals surface area contributed by atoms with E-state index in [-0.39, 0.29) is 34.8 Å². The number of hydrogen-bond acceptors (Lipinski definition) is 4. The van der Waals surface area contributed by atoms with E-state index in [0.29, 0.717) is 18.6 Å². The van der Waals surface area contributed by atoms with Gasteiger partial charge < -0.3 is 10.5 Å². The van der Waals surface area contributed by atoms with Crippen molar-refractivity contribution >= 4 is 5.78 Å². The molecule has 124 valence electrons. The fourth-order valence-corrected chi connectivity index (χ4v) is 3.08. The molecule has 1 heterocycles. The predicted octanol–water partition coefficient (Wildman–Crippen LogP) is 3.52. The number of allylic oxidation sites excluding steroid dienone is 3. The zero-order valence-electron chi connectivity index (χ0n) is 12.5. The standard InChI is InChI=1S/C17H13F3N2O2/c18-17(19,20)10-4-1-3-9(7-10)14-11(8-21)16(22)24-13-6-2-5-12(23)15(13)14/h1,3-4,7,14H,2,5-6,22H2/t14-/m1/s1. The lowest BCUT2D eigenvalue weighted by atomic mass is 9.77. The Morgan fingerprint density at radius 2 is 2.04 bits per heavy atom. The van der Waals surface area contributed by atoms with Crippen LogP contribution in [0, 0.1) is 11.3 Å². The zero-order valence-corrected chi connectivity index (χ0v) is 12.5. The van der Waals surface area contributed by atoms with Crippen LogP contribution in [0.3, 0.4) is 0 Å². The Hall–Kier alpha value is -2.75. The monoisotopic (exact) mass is 334 g/mol. The molecule has 0 radical (unpaired) electrons. The Kier molecular flexibility index (Phi) is 3.84. The molecule has 1 aromatic carbocycles. The molecule has 4 nitrogen and oxygen atoms in total. The normalized spacial score (nSPS) is 21.2. The molecule has 1 aromatic rings. The maximum Gasteiger partial charge on any atom is 0.416 e. The van der Waals surface area contributed by atoms with Gasteiger partial charge in [0.15, 0.2) is 5.78 Å². The fraction of sp³-hybridized carbons (Fsp3) is 0.294. The molecular formula is C17H13F3N2O2. The second-order valence-corrected chi connectivity index (χ2v) is 5.66. The maximum absolute atomic E-state index is 13.0. The molecule has 3 rings (SSSR count). The van der Waals surface area contributed by atoms with Crippen LogP contribution in [0.25, 0.3) is 0 Å². The van der Waals surface area contributed by atoms with Gasteiger partial charge in [-0.2, -0.15) is 18.4 Å². The van der Waals surface area contributed by atoms with Crippen LogP contribution in [0.5, 0.6) is 0 Å². The van der Waals surface area contributed by atoms with Gasteiger partial charge in [0.05, 0.1) is 11.5 Å². The molecule has 0 fully saturated rings. The average molecular weight is 334 g/mol. The van der Waals surface area contributed by atoms with Gasteiger partial charge in [0.2, 0.25) is 5.88 Å². The second kappa shape index (κ2) is 5.71. The van der Waals surface area contributed by atoms with Gasteiger partial charge in [0, 0.05) is 18.4 Å². The highest BCUT2D eigenvalue weighted by Crippen LogP contribution is 2.44. The predicted molar refractivity (Wildman–Crippen MR) is 78.0 cm³/mol. The maximum atomic E-state index is 13.0. The van der Waals surface area contributed by atoms with E-state index in [1.54, 1.807) is 0 Å². The van der Waals surface area contributed by atoms with Crippen molar-refractivity contribution in [3.63, 3.8) is 0 Å². The van der Waals surface area contributed by atoms with Gasteiger partial charge in [-0.3, -0.25) is 4.79 Å². The number of Topliss-reactive ketones (excluding diaryl/α,β-unsaturated/α-hetero) is 1. The summed E-state index contributed by atoms with van der Waals surface area (Å²) in [5.74, 6) is -0.953. The van der Waals surface area contributed by atoms with E-state index in [9.17, 15) is 23.2 Å². The molecule has 0 unspecified atom stereocenters. The Morgan fingerprint density at radius 1 is 1.29 bits per heavy atom. The van der Waals surface area contributed by atoms with Crippen molar-refractivity contribution in [3.8, 4) is 6.07 Å². The number of halogens is 3. The summed E-state index contributed by atoms with van der Waals surface area (Å²) in [6.45, 7) is 0. The first kappa shape index (κ1) is 16.1. The molecule has 1 aliphatic heterocycles. The highest BCUT2D eigenvalue weighted by Gasteiger charge is 2.39. The molecule has 2 aliphatic rings. The number of hydrogen-bond donors (Lipinski definition) is 1. The van der Waals surface area contributed by atoms with Crippen molar-refractivity contribution in [2.45, 2.75) is 31.4 Å². The lowest BCUT2D eigenvalue weighted by Crippen LogP contribution is -2.27. The van der Waals surface area contributed by atoms with Crippen molar-refractivity contribution in [1.29, 1.82) is 5.26 Å². The molecule has 0 saturated heterocycles. The molecule has 0 spiro atoms. The van der Waals surface area contributed by atoms with Crippen LogP contribution >= 0.6 is 0 Å². The minimum absolute atomic E-state index is 0.0386. The summed E-state index contributed by atoms with van der Waals surface area (Å²) >= 11 is 0. The second-order valence-electron chi connectivity index (χ2n) is 5.66. The van der Waals surface area contributed by atoms with Crippen LogP contribution in [0.1, 0.15) is 36.3 Å². The van der Waals surface area contributed by atoms with Crippen LogP contribution in [-0.2, 0) is 15.7 Å². The van der Waals surface area contributed by atoms with Crippen LogP contribution in [-0.4, -0.2) is 5.78 Å². The summed E-state index contributed by atoms with van der Waals surface area (Å²) in [6.07, 6.45) is -3.19. The average Bonchev–Trinajstić information content (AvgIpc) is 2.53. The number of ketones is 1. The summed E-state index contributed by atoms with van der Waals surface area (Å²) in [5.41, 5.74) is 5.33. The van der Waals surface area contributed by atoms with Gasteiger partial charge in [-0.15, -0.1) is 0 Å². The third-order valence-corrected chi connectivity index (χ3v) is 4.15. The molecular weight excluding hydrogens is 321 g/mol. The minimum atomic E-state index is -4.52. The topological polar surface area (TPSA) is 76.1 Å². The highest BCUT2D eigenvalue weighted by molar-refractivity contribution is 5.99. The van der Waals surface area contributed by atoms with Crippen LogP contribution in [0.4, 0.5) is 13.2 Å². The Bertz CT molecular complexity index is 816. The van der Waals surface area contributed by atoms with Crippen molar-refractivity contribution in [1.82, 2.24) is 0 Å². The lowest BCUT2D eigenvalue weighted by molar-refractivity contribution is -0.137. The Morgan fingerprint density at radius 3 is 2.71 bits per heavy atom. The van der Waals surface area contributed by atoms with E-state index < -0.39 is 17.7 Å². The lowest BCUT2D eigenvalue weighted by Gasteiger charge is -2.31. The number of nitrogens with two attached hydrogens (primary N) is 1. The number of ether oxygens (including phenoxy) is 1. The summed E-state index contributed by atoms with van der Waals surface area (Å²) < 4.78 is 44.4. The van der Waals surface area contributed by atoms with E-state index >= 15 is 0 Å². The van der Waals surface area contributed by atoms with Gasteiger partial charge in [0.1, 0.15) is 17.4 Å². The molecule has 2 N–H and O–H groups in total. The third kappa shape index (κ3) is 2.64. The molecule has 0 amide bonds. The molecule has 0 aromatic heterocycles. The van der Waals surface area contributed by atoms with E-state index in [2.05, 4.69) is 0 Å². The van der Waals surface area contributed by atoms with Crippen molar-refractivity contribution in [2.24, 2.45) is 5.73 Å². The van der Waals surface area contributed by atoms with E-state index in [1.807, 2.05) is 6.07 Å². The number of nitrogens with zero attached hydrogens (tertiary/aromatic N) is 1. The van der Waals surface area contributed by atoms with E-state index in [1.165, 1.54) is 12.1 Å². The Balaban J connectivity index is 2.18. The van der Waals surface area contributed by atoms with E-state index in [4.69, 9.17) is 10.5 Å². The van der Waals surface area contributed by atoms with E-state index in [0.717, 1.165) is 12.1 Å². The van der Waals surface area contributed by atoms with Gasteiger partial charge >= 0.3 is 6.18 Å². The zero-order chi connectivity index (χ0) is 17.5. The summed E-state index contributed by atoms with van der Waals surface area (Å²) in [5, 5.41) is 9.37. The summed E-state index contributed by atoms with van der Waals surface area (Å²) in [6, 6.07) is 6.49. The SMILES string of the molecule is N#CC1=C(N)OC2=C(C(=O)CCC2)[C@@H]1c1cccc(C(F)(F)F)c1. The smallest absolute Gasteiger partial charge is 0.416 e. The quantitative estimate of drug-likeness (QED) is 0.852. The minimum Gasteiger partial charge on any atom is -0.444 e. The molecule has 1 atom stereocenters. The summed E-state index contributed by atoms with van der Waals surface area (Å²) in [7, 11) is 0. The molecule has 24 heavy (non-hydrogen) atoms. The van der Waals surface area contributed by atoms with Crippen molar-refractivity contribution in [2.75, 3.05) is 0 Å². The first-order valence-corrected chi connectivity index (χ1v) is 7.34. The number of alkyl halides is 3. The van der Waals surface area contributed by atoms with Gasteiger partial charge in [-0.05, 0) is 18.1 Å². The first-order chi connectivity index (χ1) is 11.3. The Labute approximate surface area is 136 Å². The number of rotatable bonds is 1.